The van der Waals surface area contributed by atoms with Crippen LogP contribution in [-0.2, 0) is 6.42 Å². The number of carboxylic acid groups (broad SMARTS) is 1. The second-order valence-corrected chi connectivity index (χ2v) is 8.04. The van der Waals surface area contributed by atoms with Crippen molar-refractivity contribution in [2.24, 2.45) is 11.8 Å². The Hall–Kier alpha value is -2.80. The van der Waals surface area contributed by atoms with Gasteiger partial charge in [-0.05, 0) is 55.8 Å². The van der Waals surface area contributed by atoms with Crippen LogP contribution in [0.2, 0.25) is 0 Å². The number of aromatic nitrogens is 1. The minimum atomic E-state index is -1.43. The summed E-state index contributed by atoms with van der Waals surface area (Å²) in [5.74, 6) is -0.466. The van der Waals surface area contributed by atoms with Crippen LogP contribution in [0.25, 0.3) is 11.3 Å². The number of anilines is 1. The van der Waals surface area contributed by atoms with Crippen molar-refractivity contribution >= 4 is 11.7 Å². The van der Waals surface area contributed by atoms with E-state index in [1.165, 1.54) is 12.8 Å². The Morgan fingerprint density at radius 3 is 2.59 bits per heavy atom. The monoisotopic (exact) mass is 397 g/mol. The first-order valence-corrected chi connectivity index (χ1v) is 10.2. The molecule has 2 heterocycles. The van der Waals surface area contributed by atoms with Crippen LogP contribution in [0.1, 0.15) is 35.7 Å². The minimum absolute atomic E-state index is 0.404. The number of aromatic hydroxyl groups is 1. The van der Waals surface area contributed by atoms with Crippen LogP contribution in [0.5, 0.6) is 5.75 Å². The summed E-state index contributed by atoms with van der Waals surface area (Å²) >= 11 is 0. The minimum Gasteiger partial charge on any atom is -0.506 e. The van der Waals surface area contributed by atoms with E-state index < -0.39 is 22.8 Å². The summed E-state index contributed by atoms with van der Waals surface area (Å²) in [4.78, 5) is 28.5. The molecule has 2 fully saturated rings. The number of hydrogen-bond donors (Lipinski definition) is 4. The van der Waals surface area contributed by atoms with Gasteiger partial charge in [-0.15, -0.1) is 0 Å². The highest BCUT2D eigenvalue weighted by atomic mass is 16.4. The smallest absolute Gasteiger partial charge is 0.345 e. The number of rotatable bonds is 5. The van der Waals surface area contributed by atoms with Gasteiger partial charge >= 0.3 is 5.97 Å². The zero-order valence-corrected chi connectivity index (χ0v) is 16.7. The third kappa shape index (κ3) is 3.29. The second kappa shape index (κ2) is 7.55. The van der Waals surface area contributed by atoms with E-state index in [2.05, 4.69) is 15.2 Å². The lowest BCUT2D eigenvalue weighted by Crippen LogP contribution is -2.33. The highest BCUT2D eigenvalue weighted by Crippen LogP contribution is 2.40. The molecule has 1 aromatic heterocycles. The lowest BCUT2D eigenvalue weighted by molar-refractivity contribution is 0.0691. The Balaban J connectivity index is 1.62. The van der Waals surface area contributed by atoms with Crippen molar-refractivity contribution in [1.82, 2.24) is 10.3 Å². The van der Waals surface area contributed by atoms with Gasteiger partial charge in [-0.2, -0.15) is 0 Å². The van der Waals surface area contributed by atoms with E-state index >= 15 is 0 Å². The highest BCUT2D eigenvalue weighted by Gasteiger charge is 2.41. The van der Waals surface area contributed by atoms with Crippen LogP contribution < -0.4 is 15.8 Å². The van der Waals surface area contributed by atoms with E-state index in [0.29, 0.717) is 29.6 Å². The molecular weight excluding hydrogens is 370 g/mol. The molecule has 1 aliphatic heterocycles. The predicted octanol–water partition coefficient (Wildman–Crippen LogP) is 2.44. The van der Waals surface area contributed by atoms with Gasteiger partial charge in [-0.3, -0.25) is 4.79 Å². The molecule has 0 amide bonds. The quantitative estimate of drug-likeness (QED) is 0.618. The van der Waals surface area contributed by atoms with Crippen molar-refractivity contribution < 1.29 is 15.0 Å². The van der Waals surface area contributed by atoms with Crippen LogP contribution in [0.3, 0.4) is 0 Å². The van der Waals surface area contributed by atoms with Crippen molar-refractivity contribution in [2.75, 3.05) is 25.0 Å². The molecule has 7 heteroatoms. The molecule has 0 radical (unpaired) electrons. The number of carboxylic acids is 1. The maximum Gasteiger partial charge on any atom is 0.345 e. The fourth-order valence-electron chi connectivity index (χ4n) is 5.09. The van der Waals surface area contributed by atoms with Crippen molar-refractivity contribution in [3.8, 4) is 17.0 Å². The summed E-state index contributed by atoms with van der Waals surface area (Å²) in [7, 11) is 2.04. The van der Waals surface area contributed by atoms with Crippen LogP contribution >= 0.6 is 0 Å². The first kappa shape index (κ1) is 19.5. The standard InChI is InChI=1S/C22H27N3O4/c1-3-15-19(24-21(27)18(20(15)26)22(28)29)12-4-7-14(8-5-12)25-10-13-6-9-17(23-2)16(13)11-25/h4-5,7-8,13,16-17,23H,3,6,9-11H2,1-2H3,(H,28,29)(H2,24,26,27)/t13-,16+,17+/m1/s1. The Morgan fingerprint density at radius 2 is 1.97 bits per heavy atom. The molecule has 1 saturated heterocycles. The predicted molar refractivity (Wildman–Crippen MR) is 112 cm³/mol. The second-order valence-electron chi connectivity index (χ2n) is 8.04. The van der Waals surface area contributed by atoms with Crippen molar-refractivity contribution in [2.45, 2.75) is 32.2 Å². The van der Waals surface area contributed by atoms with Gasteiger partial charge < -0.3 is 25.4 Å². The van der Waals surface area contributed by atoms with E-state index in [9.17, 15) is 19.8 Å². The Morgan fingerprint density at radius 1 is 1.24 bits per heavy atom. The number of carbonyl (C=O) groups is 1. The van der Waals surface area contributed by atoms with Crippen LogP contribution in [-0.4, -0.2) is 47.3 Å². The zero-order valence-electron chi connectivity index (χ0n) is 16.7. The number of nitrogens with one attached hydrogen (secondary N) is 2. The maximum atomic E-state index is 12.2. The largest absolute Gasteiger partial charge is 0.506 e. The fraction of sp³-hybridized carbons (Fsp3) is 0.455. The third-order valence-corrected chi connectivity index (χ3v) is 6.61. The average molecular weight is 397 g/mol. The lowest BCUT2D eigenvalue weighted by Gasteiger charge is -2.22. The Bertz CT molecular complexity index is 983. The molecule has 0 spiro atoms. The molecule has 0 bridgehead atoms. The maximum absolute atomic E-state index is 12.2. The molecule has 3 atom stereocenters. The third-order valence-electron chi connectivity index (χ3n) is 6.61. The van der Waals surface area contributed by atoms with E-state index in [4.69, 9.17) is 0 Å². The van der Waals surface area contributed by atoms with E-state index in [-0.39, 0.29) is 0 Å². The Kier molecular flexibility index (Phi) is 5.08. The number of fused-ring (bicyclic) bond motifs is 1. The summed E-state index contributed by atoms with van der Waals surface area (Å²) in [5.41, 5.74) is 1.40. The molecule has 2 aliphatic rings. The number of nitrogens with zero attached hydrogens (tertiary/aromatic N) is 1. The molecule has 154 valence electrons. The van der Waals surface area contributed by atoms with Gasteiger partial charge in [0.15, 0.2) is 5.56 Å². The van der Waals surface area contributed by atoms with Gasteiger partial charge in [-0.1, -0.05) is 19.1 Å². The summed E-state index contributed by atoms with van der Waals surface area (Å²) in [6.07, 6.45) is 2.92. The van der Waals surface area contributed by atoms with Gasteiger partial charge in [-0.25, -0.2) is 4.79 Å². The van der Waals surface area contributed by atoms with E-state index in [1.54, 1.807) is 0 Å². The molecule has 0 unspecified atom stereocenters. The first-order chi connectivity index (χ1) is 13.9. The van der Waals surface area contributed by atoms with Crippen molar-refractivity contribution in [1.29, 1.82) is 0 Å². The van der Waals surface area contributed by atoms with E-state index in [0.717, 1.165) is 30.3 Å². The summed E-state index contributed by atoms with van der Waals surface area (Å²) in [5, 5.41) is 23.0. The first-order valence-electron chi connectivity index (χ1n) is 10.2. The molecule has 1 saturated carbocycles. The number of aromatic carboxylic acids is 1. The number of hydrogen-bond acceptors (Lipinski definition) is 5. The molecule has 4 N–H and O–H groups in total. The van der Waals surface area contributed by atoms with Gasteiger partial charge in [0.05, 0.1) is 5.69 Å². The lowest BCUT2D eigenvalue weighted by atomic mass is 9.98. The topological polar surface area (TPSA) is 106 Å². The average Bonchev–Trinajstić information content (AvgIpc) is 3.28. The molecule has 29 heavy (non-hydrogen) atoms. The SMILES string of the molecule is CCc1c(-c2ccc(N3C[C@H]4CC[C@H](NC)[C@H]4C3)cc2)[nH]c(=O)c(C(=O)O)c1O. The number of H-pyrrole nitrogens is 1. The molecule has 2 aromatic rings. The summed E-state index contributed by atoms with van der Waals surface area (Å²) in [6, 6.07) is 8.50. The highest BCUT2D eigenvalue weighted by molar-refractivity contribution is 5.92. The Labute approximate surface area is 169 Å². The normalized spacial score (nSPS) is 23.4. The van der Waals surface area contributed by atoms with Gasteiger partial charge in [0.25, 0.3) is 5.56 Å². The number of pyridine rings is 1. The van der Waals surface area contributed by atoms with E-state index in [1.807, 2.05) is 38.2 Å². The fourth-order valence-corrected chi connectivity index (χ4v) is 5.09. The molecular formula is C22H27N3O4. The van der Waals surface area contributed by atoms with Crippen LogP contribution in [0, 0.1) is 11.8 Å². The molecule has 7 nitrogen and oxygen atoms in total. The van der Waals surface area contributed by atoms with Gasteiger partial charge in [0.2, 0.25) is 0 Å². The number of aromatic amines is 1. The molecule has 1 aliphatic carbocycles. The zero-order chi connectivity index (χ0) is 20.7. The van der Waals surface area contributed by atoms with Gasteiger partial charge in [0.1, 0.15) is 5.75 Å². The molecule has 1 aromatic carbocycles. The number of benzene rings is 1. The van der Waals surface area contributed by atoms with Crippen LogP contribution in [0.4, 0.5) is 5.69 Å². The summed E-state index contributed by atoms with van der Waals surface area (Å²) in [6.45, 7) is 3.92. The summed E-state index contributed by atoms with van der Waals surface area (Å²) < 4.78 is 0. The van der Waals surface area contributed by atoms with Crippen molar-refractivity contribution in [3.05, 3.63) is 45.7 Å². The van der Waals surface area contributed by atoms with Crippen LogP contribution in [0.15, 0.2) is 29.1 Å². The van der Waals surface area contributed by atoms with Gasteiger partial charge in [0, 0.05) is 30.4 Å². The molecule has 4 rings (SSSR count). The van der Waals surface area contributed by atoms with Crippen molar-refractivity contribution in [3.63, 3.8) is 0 Å².